The molecule has 2 heterocycles. The van der Waals surface area contributed by atoms with Gasteiger partial charge < -0.3 is 10.2 Å². The third kappa shape index (κ3) is 4.08. The van der Waals surface area contributed by atoms with Gasteiger partial charge in [0.15, 0.2) is 0 Å². The number of rotatable bonds is 6. The van der Waals surface area contributed by atoms with Crippen molar-refractivity contribution in [2.45, 2.75) is 25.1 Å². The highest BCUT2D eigenvalue weighted by atomic mass is 79.9. The van der Waals surface area contributed by atoms with Crippen molar-refractivity contribution >= 4 is 39.0 Å². The zero-order valence-electron chi connectivity index (χ0n) is 9.93. The Morgan fingerprint density at radius 2 is 2.33 bits per heavy atom. The van der Waals surface area contributed by atoms with Crippen LogP contribution in [-0.4, -0.2) is 22.0 Å². The molecule has 7 heteroatoms. The molecule has 0 saturated carbocycles. The van der Waals surface area contributed by atoms with E-state index in [1.165, 1.54) is 0 Å². The van der Waals surface area contributed by atoms with E-state index < -0.39 is 0 Å². The number of nitrogens with zero attached hydrogens (tertiary/aromatic N) is 2. The van der Waals surface area contributed by atoms with Gasteiger partial charge in [-0.15, -0.1) is 21.5 Å². The van der Waals surface area contributed by atoms with Crippen molar-refractivity contribution in [3.63, 3.8) is 0 Å². The first-order valence-corrected chi connectivity index (χ1v) is 8.33. The Balaban J connectivity index is 1.86. The summed E-state index contributed by atoms with van der Waals surface area (Å²) >= 11 is 6.76. The maximum absolute atomic E-state index is 5.69. The Hall–Kier alpha value is -0.370. The van der Waals surface area contributed by atoms with Crippen molar-refractivity contribution < 1.29 is 4.42 Å². The first-order valence-electron chi connectivity index (χ1n) is 5.56. The molecule has 0 aliphatic rings. The van der Waals surface area contributed by atoms with Gasteiger partial charge in [0.25, 0.3) is 5.89 Å². The van der Waals surface area contributed by atoms with Crippen LogP contribution in [0.25, 0.3) is 10.8 Å². The average molecular weight is 348 g/mol. The van der Waals surface area contributed by atoms with Gasteiger partial charge in [0.05, 0.1) is 14.4 Å². The molecule has 0 spiro atoms. The quantitative estimate of drug-likeness (QED) is 0.809. The van der Waals surface area contributed by atoms with Crippen LogP contribution in [-0.2, 0) is 5.75 Å². The van der Waals surface area contributed by atoms with E-state index in [-0.39, 0.29) is 6.04 Å². The Morgan fingerprint density at radius 3 is 3.00 bits per heavy atom. The topological polar surface area (TPSA) is 64.9 Å². The Bertz CT molecular complexity index is 498. The number of halogens is 1. The molecule has 2 rings (SSSR count). The smallest absolute Gasteiger partial charge is 0.257 e. The maximum atomic E-state index is 5.69. The molecular formula is C11H14BrN3OS2. The summed E-state index contributed by atoms with van der Waals surface area (Å²) in [6.07, 6.45) is 1.00. The summed E-state index contributed by atoms with van der Waals surface area (Å²) in [5.74, 6) is 3.02. The summed E-state index contributed by atoms with van der Waals surface area (Å²) in [6, 6.07) is 4.19. The van der Waals surface area contributed by atoms with Gasteiger partial charge in [-0.05, 0) is 47.2 Å². The van der Waals surface area contributed by atoms with Crippen LogP contribution >= 0.6 is 39.0 Å². The molecule has 0 aromatic carbocycles. The second-order valence-electron chi connectivity index (χ2n) is 3.92. The van der Waals surface area contributed by atoms with Crippen LogP contribution in [0.4, 0.5) is 0 Å². The fraction of sp³-hybridized carbons (Fsp3) is 0.455. The molecule has 4 nitrogen and oxygen atoms in total. The monoisotopic (exact) mass is 347 g/mol. The van der Waals surface area contributed by atoms with Crippen LogP contribution in [0.1, 0.15) is 19.2 Å². The van der Waals surface area contributed by atoms with Crippen LogP contribution in [0.3, 0.4) is 0 Å². The van der Waals surface area contributed by atoms with E-state index in [1.807, 2.05) is 19.1 Å². The van der Waals surface area contributed by atoms with Crippen molar-refractivity contribution in [1.82, 2.24) is 10.2 Å². The standard InChI is InChI=1S/C11H14BrN3OS2/c1-7(13)4-5-17-6-10-14-15-11(16-10)8-2-3-9(12)18-8/h2-3,7H,4-6,13H2,1H3. The van der Waals surface area contributed by atoms with Crippen molar-refractivity contribution in [2.24, 2.45) is 5.73 Å². The molecule has 0 amide bonds. The van der Waals surface area contributed by atoms with Gasteiger partial charge in [0, 0.05) is 6.04 Å². The molecule has 18 heavy (non-hydrogen) atoms. The van der Waals surface area contributed by atoms with Crippen molar-refractivity contribution in [2.75, 3.05) is 5.75 Å². The summed E-state index contributed by atoms with van der Waals surface area (Å²) in [5, 5.41) is 8.09. The third-order valence-electron chi connectivity index (χ3n) is 2.19. The Kier molecular flexibility index (Phi) is 5.23. The zero-order valence-corrected chi connectivity index (χ0v) is 13.1. The molecule has 0 saturated heterocycles. The highest BCUT2D eigenvalue weighted by Gasteiger charge is 2.10. The highest BCUT2D eigenvalue weighted by Crippen LogP contribution is 2.30. The Labute approximate surface area is 122 Å². The first-order chi connectivity index (χ1) is 8.65. The van der Waals surface area contributed by atoms with E-state index in [1.54, 1.807) is 23.1 Å². The maximum Gasteiger partial charge on any atom is 0.257 e. The lowest BCUT2D eigenvalue weighted by molar-refractivity contribution is 0.529. The minimum atomic E-state index is 0.249. The minimum Gasteiger partial charge on any atom is -0.419 e. The number of thiophene rings is 1. The van der Waals surface area contributed by atoms with Crippen LogP contribution in [0.5, 0.6) is 0 Å². The van der Waals surface area contributed by atoms with E-state index in [0.29, 0.717) is 11.8 Å². The lowest BCUT2D eigenvalue weighted by atomic mass is 10.3. The van der Waals surface area contributed by atoms with Crippen LogP contribution in [0.15, 0.2) is 20.3 Å². The highest BCUT2D eigenvalue weighted by molar-refractivity contribution is 9.11. The summed E-state index contributed by atoms with van der Waals surface area (Å²) in [4.78, 5) is 0.987. The summed E-state index contributed by atoms with van der Waals surface area (Å²) in [6.45, 7) is 2.01. The van der Waals surface area contributed by atoms with Gasteiger partial charge in [-0.2, -0.15) is 11.8 Å². The molecule has 0 aliphatic heterocycles. The number of hydrogen-bond acceptors (Lipinski definition) is 6. The fourth-order valence-corrected chi connectivity index (χ4v) is 3.55. The van der Waals surface area contributed by atoms with Gasteiger partial charge in [-0.3, -0.25) is 0 Å². The Morgan fingerprint density at radius 1 is 1.50 bits per heavy atom. The molecular weight excluding hydrogens is 334 g/mol. The third-order valence-corrected chi connectivity index (χ3v) is 4.78. The van der Waals surface area contributed by atoms with E-state index in [9.17, 15) is 0 Å². The summed E-state index contributed by atoms with van der Waals surface area (Å²) < 4.78 is 6.66. The van der Waals surface area contributed by atoms with E-state index in [2.05, 4.69) is 26.1 Å². The fourth-order valence-electron chi connectivity index (χ4n) is 1.27. The van der Waals surface area contributed by atoms with Crippen molar-refractivity contribution in [1.29, 1.82) is 0 Å². The predicted molar refractivity (Wildman–Crippen MR) is 79.7 cm³/mol. The molecule has 1 unspecified atom stereocenters. The average Bonchev–Trinajstić information content (AvgIpc) is 2.93. The summed E-state index contributed by atoms with van der Waals surface area (Å²) in [7, 11) is 0. The van der Waals surface area contributed by atoms with Gasteiger partial charge in [0.2, 0.25) is 5.89 Å². The number of nitrogens with two attached hydrogens (primary N) is 1. The molecule has 0 radical (unpaired) electrons. The van der Waals surface area contributed by atoms with Gasteiger partial charge in [-0.25, -0.2) is 0 Å². The number of hydrogen-bond donors (Lipinski definition) is 1. The lowest BCUT2D eigenvalue weighted by Crippen LogP contribution is -2.15. The SMILES string of the molecule is CC(N)CCSCc1nnc(-c2ccc(Br)s2)o1. The van der Waals surface area contributed by atoms with Crippen molar-refractivity contribution in [3.05, 3.63) is 21.8 Å². The molecule has 2 aromatic heterocycles. The lowest BCUT2D eigenvalue weighted by Gasteiger charge is -2.02. The molecule has 0 aliphatic carbocycles. The normalized spacial score (nSPS) is 12.8. The largest absolute Gasteiger partial charge is 0.419 e. The number of aromatic nitrogens is 2. The summed E-state index contributed by atoms with van der Waals surface area (Å²) in [5.41, 5.74) is 5.69. The molecule has 0 bridgehead atoms. The number of thioether (sulfide) groups is 1. The van der Waals surface area contributed by atoms with E-state index in [0.717, 1.165) is 26.6 Å². The van der Waals surface area contributed by atoms with Crippen molar-refractivity contribution in [3.8, 4) is 10.8 Å². The van der Waals surface area contributed by atoms with E-state index in [4.69, 9.17) is 10.2 Å². The second kappa shape index (κ2) is 6.70. The molecule has 2 aromatic rings. The predicted octanol–water partition coefficient (Wildman–Crippen LogP) is 3.53. The molecule has 0 fully saturated rings. The molecule has 1 atom stereocenters. The van der Waals surface area contributed by atoms with Crippen LogP contribution < -0.4 is 5.73 Å². The van der Waals surface area contributed by atoms with Gasteiger partial charge in [-0.1, -0.05) is 0 Å². The van der Waals surface area contributed by atoms with Gasteiger partial charge >= 0.3 is 0 Å². The van der Waals surface area contributed by atoms with Crippen LogP contribution in [0, 0.1) is 0 Å². The zero-order chi connectivity index (χ0) is 13.0. The van der Waals surface area contributed by atoms with Gasteiger partial charge in [0.1, 0.15) is 0 Å². The molecule has 2 N–H and O–H groups in total. The minimum absolute atomic E-state index is 0.249. The first kappa shape index (κ1) is 14.0. The molecule has 98 valence electrons. The van der Waals surface area contributed by atoms with Crippen LogP contribution in [0.2, 0.25) is 0 Å². The second-order valence-corrected chi connectivity index (χ2v) is 7.49. The van der Waals surface area contributed by atoms with E-state index >= 15 is 0 Å².